The second-order valence-corrected chi connectivity index (χ2v) is 4.83. The standard InChI is InChI=1S/C13H19ClN2.C2H6/c1-3-11-10-12(4-5-13(11)14)16-8-6-15(2)7-9-16;1-2/h4-5,10H,3,6-9H2,1-2H3;1-2H3. The summed E-state index contributed by atoms with van der Waals surface area (Å²) in [6, 6.07) is 6.38. The number of nitrogens with zero attached hydrogens (tertiary/aromatic N) is 2. The summed E-state index contributed by atoms with van der Waals surface area (Å²) in [4.78, 5) is 4.81. The van der Waals surface area contributed by atoms with Crippen molar-refractivity contribution in [1.82, 2.24) is 4.90 Å². The van der Waals surface area contributed by atoms with Crippen molar-refractivity contribution < 1.29 is 0 Å². The first-order valence-electron chi connectivity index (χ1n) is 6.92. The van der Waals surface area contributed by atoms with Gasteiger partial charge in [-0.3, -0.25) is 0 Å². The Labute approximate surface area is 117 Å². The second kappa shape index (κ2) is 7.65. The number of halogens is 1. The molecule has 0 N–H and O–H groups in total. The lowest BCUT2D eigenvalue weighted by Crippen LogP contribution is -2.44. The Morgan fingerprint density at radius 1 is 1.11 bits per heavy atom. The van der Waals surface area contributed by atoms with Crippen LogP contribution >= 0.6 is 11.6 Å². The quantitative estimate of drug-likeness (QED) is 0.807. The maximum Gasteiger partial charge on any atom is 0.0439 e. The van der Waals surface area contributed by atoms with Crippen molar-refractivity contribution in [3.8, 4) is 0 Å². The fourth-order valence-electron chi connectivity index (χ4n) is 2.09. The number of benzene rings is 1. The monoisotopic (exact) mass is 268 g/mol. The summed E-state index contributed by atoms with van der Waals surface area (Å²) >= 11 is 6.13. The minimum absolute atomic E-state index is 0.889. The number of aryl methyl sites for hydroxylation is 1. The van der Waals surface area contributed by atoms with Crippen LogP contribution in [0.5, 0.6) is 0 Å². The van der Waals surface area contributed by atoms with E-state index in [0.29, 0.717) is 0 Å². The van der Waals surface area contributed by atoms with Crippen LogP contribution in [0.1, 0.15) is 26.3 Å². The van der Waals surface area contributed by atoms with Crippen LogP contribution in [0.2, 0.25) is 5.02 Å². The lowest BCUT2D eigenvalue weighted by atomic mass is 10.1. The summed E-state index contributed by atoms with van der Waals surface area (Å²) < 4.78 is 0. The van der Waals surface area contributed by atoms with E-state index in [9.17, 15) is 0 Å². The third-order valence-corrected chi connectivity index (χ3v) is 3.65. The highest BCUT2D eigenvalue weighted by Gasteiger charge is 2.14. The Morgan fingerprint density at radius 2 is 1.72 bits per heavy atom. The molecule has 0 radical (unpaired) electrons. The number of hydrogen-bond acceptors (Lipinski definition) is 2. The minimum atomic E-state index is 0.889. The Kier molecular flexibility index (Phi) is 6.51. The normalized spacial score (nSPS) is 16.2. The Bertz CT molecular complexity index is 358. The summed E-state index contributed by atoms with van der Waals surface area (Å²) in [5.41, 5.74) is 2.56. The molecule has 0 spiro atoms. The Morgan fingerprint density at radius 3 is 2.28 bits per heavy atom. The Balaban J connectivity index is 0.000000771. The predicted octanol–water partition coefficient (Wildman–Crippen LogP) is 3.68. The number of hydrogen-bond donors (Lipinski definition) is 0. The molecule has 1 aromatic carbocycles. The smallest absolute Gasteiger partial charge is 0.0439 e. The van der Waals surface area contributed by atoms with Crippen molar-refractivity contribution in [2.24, 2.45) is 0 Å². The van der Waals surface area contributed by atoms with Gasteiger partial charge in [0.25, 0.3) is 0 Å². The van der Waals surface area contributed by atoms with Crippen LogP contribution in [0, 0.1) is 0 Å². The first-order valence-corrected chi connectivity index (χ1v) is 7.30. The van der Waals surface area contributed by atoms with Gasteiger partial charge in [0.2, 0.25) is 0 Å². The molecule has 1 aromatic rings. The summed E-state index contributed by atoms with van der Waals surface area (Å²) in [5, 5.41) is 0.889. The molecule has 1 fully saturated rings. The topological polar surface area (TPSA) is 6.48 Å². The fraction of sp³-hybridized carbons (Fsp3) is 0.600. The minimum Gasteiger partial charge on any atom is -0.369 e. The van der Waals surface area contributed by atoms with Crippen LogP contribution in [-0.4, -0.2) is 38.1 Å². The highest BCUT2D eigenvalue weighted by molar-refractivity contribution is 6.31. The number of piperazine rings is 1. The average Bonchev–Trinajstić information content (AvgIpc) is 2.43. The van der Waals surface area contributed by atoms with Crippen LogP contribution in [0.25, 0.3) is 0 Å². The zero-order valence-electron chi connectivity index (χ0n) is 12.0. The lowest BCUT2D eigenvalue weighted by Gasteiger charge is -2.34. The average molecular weight is 269 g/mol. The molecular weight excluding hydrogens is 244 g/mol. The molecule has 0 amide bonds. The van der Waals surface area contributed by atoms with Gasteiger partial charge >= 0.3 is 0 Å². The Hall–Kier alpha value is -0.730. The van der Waals surface area contributed by atoms with Crippen molar-refractivity contribution >= 4 is 17.3 Å². The van der Waals surface area contributed by atoms with Gasteiger partial charge in [-0.1, -0.05) is 32.4 Å². The van der Waals surface area contributed by atoms with E-state index >= 15 is 0 Å². The summed E-state index contributed by atoms with van der Waals surface area (Å²) in [6.45, 7) is 10.7. The number of likely N-dealkylation sites (N-methyl/N-ethyl adjacent to an activating group) is 1. The summed E-state index contributed by atoms with van der Waals surface area (Å²) in [6.07, 6.45) is 1.00. The summed E-state index contributed by atoms with van der Waals surface area (Å²) in [5.74, 6) is 0. The predicted molar refractivity (Wildman–Crippen MR) is 81.9 cm³/mol. The molecule has 2 nitrogen and oxygen atoms in total. The van der Waals surface area contributed by atoms with Crippen molar-refractivity contribution in [2.75, 3.05) is 38.1 Å². The van der Waals surface area contributed by atoms with E-state index < -0.39 is 0 Å². The third kappa shape index (κ3) is 3.89. The van der Waals surface area contributed by atoms with E-state index in [0.717, 1.165) is 37.6 Å². The van der Waals surface area contributed by atoms with Gasteiger partial charge in [-0.05, 0) is 37.2 Å². The molecule has 1 aliphatic heterocycles. The largest absolute Gasteiger partial charge is 0.369 e. The van der Waals surface area contributed by atoms with Gasteiger partial charge in [-0.2, -0.15) is 0 Å². The van der Waals surface area contributed by atoms with E-state index in [1.165, 1.54) is 11.3 Å². The van der Waals surface area contributed by atoms with Gasteiger partial charge in [0.15, 0.2) is 0 Å². The van der Waals surface area contributed by atoms with Gasteiger partial charge in [-0.25, -0.2) is 0 Å². The third-order valence-electron chi connectivity index (χ3n) is 3.28. The molecular formula is C15H25ClN2. The first-order chi connectivity index (χ1) is 8.70. The van der Waals surface area contributed by atoms with E-state index in [2.05, 4.69) is 35.9 Å². The van der Waals surface area contributed by atoms with E-state index in [-0.39, 0.29) is 0 Å². The molecule has 1 heterocycles. The van der Waals surface area contributed by atoms with Crippen LogP contribution in [0.4, 0.5) is 5.69 Å². The van der Waals surface area contributed by atoms with E-state index in [4.69, 9.17) is 11.6 Å². The maximum absolute atomic E-state index is 6.13. The van der Waals surface area contributed by atoms with Gasteiger partial charge in [0.05, 0.1) is 0 Å². The fourth-order valence-corrected chi connectivity index (χ4v) is 2.34. The molecule has 1 aliphatic rings. The van der Waals surface area contributed by atoms with Crippen molar-refractivity contribution in [3.05, 3.63) is 28.8 Å². The van der Waals surface area contributed by atoms with Crippen molar-refractivity contribution in [1.29, 1.82) is 0 Å². The molecule has 1 saturated heterocycles. The van der Waals surface area contributed by atoms with Gasteiger partial charge in [0.1, 0.15) is 0 Å². The molecule has 18 heavy (non-hydrogen) atoms. The molecule has 0 atom stereocenters. The number of rotatable bonds is 2. The molecule has 2 rings (SSSR count). The zero-order chi connectivity index (χ0) is 13.5. The molecule has 0 bridgehead atoms. The highest BCUT2D eigenvalue weighted by atomic mass is 35.5. The molecule has 0 unspecified atom stereocenters. The van der Waals surface area contributed by atoms with Gasteiger partial charge in [0, 0.05) is 36.9 Å². The van der Waals surface area contributed by atoms with Crippen LogP contribution in [-0.2, 0) is 6.42 Å². The van der Waals surface area contributed by atoms with Crippen molar-refractivity contribution in [3.63, 3.8) is 0 Å². The van der Waals surface area contributed by atoms with Gasteiger partial charge < -0.3 is 9.80 Å². The van der Waals surface area contributed by atoms with E-state index in [1.54, 1.807) is 0 Å². The maximum atomic E-state index is 6.13. The molecule has 102 valence electrons. The first kappa shape index (κ1) is 15.3. The second-order valence-electron chi connectivity index (χ2n) is 4.42. The van der Waals surface area contributed by atoms with Crippen LogP contribution in [0.3, 0.4) is 0 Å². The number of anilines is 1. The highest BCUT2D eigenvalue weighted by Crippen LogP contribution is 2.24. The van der Waals surface area contributed by atoms with E-state index in [1.807, 2.05) is 19.9 Å². The molecule has 3 heteroatoms. The molecule has 0 saturated carbocycles. The SMILES string of the molecule is CC.CCc1cc(N2CCN(C)CC2)ccc1Cl. The van der Waals surface area contributed by atoms with Gasteiger partial charge in [-0.15, -0.1) is 0 Å². The van der Waals surface area contributed by atoms with Crippen LogP contribution in [0.15, 0.2) is 18.2 Å². The van der Waals surface area contributed by atoms with Crippen LogP contribution < -0.4 is 4.90 Å². The molecule has 0 aromatic heterocycles. The lowest BCUT2D eigenvalue weighted by molar-refractivity contribution is 0.313. The molecule has 0 aliphatic carbocycles. The van der Waals surface area contributed by atoms with Crippen molar-refractivity contribution in [2.45, 2.75) is 27.2 Å². The summed E-state index contributed by atoms with van der Waals surface area (Å²) in [7, 11) is 2.18. The zero-order valence-corrected chi connectivity index (χ0v) is 12.8.